The minimum absolute atomic E-state index is 0.275. The molecule has 0 amide bonds. The van der Waals surface area contributed by atoms with Gasteiger partial charge in [-0.2, -0.15) is 0 Å². The molecule has 8 aliphatic carbocycles. The van der Waals surface area contributed by atoms with E-state index in [9.17, 15) is 17.2 Å². The van der Waals surface area contributed by atoms with Gasteiger partial charge in [-0.1, -0.05) is 0 Å². The van der Waals surface area contributed by atoms with Crippen molar-refractivity contribution in [3.05, 3.63) is 322 Å². The molecule has 2 saturated heterocycles. The number of allylic oxidation sites excluding steroid dienone is 32. The summed E-state index contributed by atoms with van der Waals surface area (Å²) in [5.74, 6) is -1.10. The Kier molecular flexibility index (Phi) is 17.1. The van der Waals surface area contributed by atoms with Gasteiger partial charge in [-0.05, 0) is 0 Å². The van der Waals surface area contributed by atoms with Crippen LogP contribution in [0.2, 0.25) is 64.5 Å². The summed E-state index contributed by atoms with van der Waals surface area (Å²) in [7, 11) is 17.5. The average molecular weight is 1710 g/mol. The second-order valence-electron chi connectivity index (χ2n) is 34.4. The molecule has 5 spiro atoms. The zero-order valence-corrected chi connectivity index (χ0v) is 73.4. The molecule has 99 heavy (non-hydrogen) atoms. The molecule has 0 aromatic heterocycles. The maximum atomic E-state index is 11.5. The van der Waals surface area contributed by atoms with Gasteiger partial charge in [0.1, 0.15) is 0 Å². The molecule has 8 atom stereocenters. The first-order valence-corrected chi connectivity index (χ1v) is 58.7. The van der Waals surface area contributed by atoms with E-state index in [1.54, 1.807) is 0 Å². The molecule has 0 radical (unpaired) electrons. The SMILES string of the molecule is CC1=CC2=C(C=CC=CC2c2cc(Cl)c(C(C)(C)C)c(Cl)c2)[C]12[SiH](C)[C]1(C(C)=CC3=C1C=CC=CC3c1cc(Cl)c(C(C)(C)C)c(Cl)c1)[Hf]21([Cl])([Cl])[C]2(C(C)=CC3=C2C=CC=CC3c2cc(Cl)c(C(C)(C)C)c(Cl)c2)[SiH](C)[C]12C(C)=CC1=C2C=CC=CC1c1cc(Cl)c(C(C)(C)C)c(Cl)c1. The van der Waals surface area contributed by atoms with Crippen LogP contribution in [0.5, 0.6) is 0 Å². The van der Waals surface area contributed by atoms with Gasteiger partial charge < -0.3 is 0 Å². The average Bonchev–Trinajstić information content (AvgIpc) is 1.52. The molecule has 0 saturated carbocycles. The van der Waals surface area contributed by atoms with Crippen LogP contribution in [0.3, 0.4) is 0 Å². The summed E-state index contributed by atoms with van der Waals surface area (Å²) >= 11 is 52.3. The van der Waals surface area contributed by atoms with E-state index in [1.165, 1.54) is 66.9 Å². The zero-order valence-electron chi connectivity index (χ0n) is 59.9. The molecule has 10 aliphatic rings. The summed E-state index contributed by atoms with van der Waals surface area (Å²) in [5.41, 5.74) is 21.1. The van der Waals surface area contributed by atoms with E-state index < -0.39 is 43.4 Å². The second kappa shape index (κ2) is 23.2. The topological polar surface area (TPSA) is 0 Å². The van der Waals surface area contributed by atoms with Crippen molar-refractivity contribution in [3.63, 3.8) is 0 Å². The van der Waals surface area contributed by atoms with Crippen molar-refractivity contribution in [2.24, 2.45) is 0 Å². The van der Waals surface area contributed by atoms with Crippen LogP contribution in [-0.2, 0) is 36.3 Å². The van der Waals surface area contributed by atoms with Gasteiger partial charge >= 0.3 is 644 Å². The first-order valence-electron chi connectivity index (χ1n) is 34.9. The number of rotatable bonds is 4. The Hall–Kier alpha value is -3.08. The molecule has 0 bridgehead atoms. The Balaban J connectivity index is 1.19. The number of halogens is 10. The number of benzene rings is 4. The van der Waals surface area contributed by atoms with E-state index in [-0.39, 0.29) is 45.3 Å². The fourth-order valence-electron chi connectivity index (χ4n) is 23.8. The van der Waals surface area contributed by atoms with Crippen LogP contribution in [0.4, 0.5) is 0 Å². The summed E-state index contributed by atoms with van der Waals surface area (Å²) in [6, 6.07) is 17.3. The molecule has 14 rings (SSSR count). The van der Waals surface area contributed by atoms with Crippen LogP contribution in [0.15, 0.2) is 237 Å². The van der Waals surface area contributed by atoms with Gasteiger partial charge in [0.05, 0.1) is 0 Å². The van der Waals surface area contributed by atoms with Crippen LogP contribution in [0.25, 0.3) is 0 Å². The summed E-state index contributed by atoms with van der Waals surface area (Å²) in [6.07, 6.45) is 47.3. The Morgan fingerprint density at radius 2 is 0.475 bits per heavy atom. The molecule has 2 heterocycles. The van der Waals surface area contributed by atoms with Gasteiger partial charge in [0, 0.05) is 0 Å². The molecule has 0 N–H and O–H groups in total. The van der Waals surface area contributed by atoms with E-state index in [0.717, 1.165) is 44.5 Å². The maximum absolute atomic E-state index is 11.5. The van der Waals surface area contributed by atoms with Gasteiger partial charge in [0.2, 0.25) is 0 Å². The molecule has 514 valence electrons. The molecule has 13 heteroatoms. The van der Waals surface area contributed by atoms with Crippen molar-refractivity contribution in [2.75, 3.05) is 0 Å². The standard InChI is InChI=1S/2C43H44Cl4Si.2ClH.Hf/c2*1-24-18-32-28(26-20-34(44)38(35(45)21-26)42(3,4)5)14-10-12-16-30(32)40(24)48(9)41-25(2)19-33-29(15-11-13-17-31(33)41)27-22-36(46)39(37(47)23-27)43(6,7)8;;;/h2*10-23,28-29,48H,1-9H3;2*1H;/q;;;;+2/p-2. The summed E-state index contributed by atoms with van der Waals surface area (Å²) in [6.45, 7) is 41.0. The van der Waals surface area contributed by atoms with E-state index >= 15 is 0 Å². The van der Waals surface area contributed by atoms with Crippen molar-refractivity contribution in [3.8, 4) is 0 Å². The molecule has 4 aromatic rings. The van der Waals surface area contributed by atoms with Crippen molar-refractivity contribution < 1.29 is 14.7 Å². The Morgan fingerprint density at radius 3 is 0.636 bits per heavy atom. The summed E-state index contributed by atoms with van der Waals surface area (Å²) in [4.78, 5) is 0. The van der Waals surface area contributed by atoms with Crippen molar-refractivity contribution in [1.29, 1.82) is 0 Å². The molecule has 2 aliphatic heterocycles. The Labute approximate surface area is 637 Å². The third-order valence-corrected chi connectivity index (χ3v) is 145. The van der Waals surface area contributed by atoms with E-state index in [2.05, 4.69) is 294 Å². The quantitative estimate of drug-likeness (QED) is 0.179. The van der Waals surface area contributed by atoms with Crippen molar-refractivity contribution in [2.45, 2.75) is 180 Å². The van der Waals surface area contributed by atoms with Gasteiger partial charge in [-0.25, -0.2) is 0 Å². The zero-order chi connectivity index (χ0) is 71.8. The molecule has 0 nitrogen and oxygen atoms in total. The van der Waals surface area contributed by atoms with Crippen LogP contribution in [-0.4, -0.2) is 17.6 Å². The van der Waals surface area contributed by atoms with Crippen LogP contribution < -0.4 is 0 Å². The van der Waals surface area contributed by atoms with E-state index in [4.69, 9.17) is 92.8 Å². The molecule has 4 aromatic carbocycles. The summed E-state index contributed by atoms with van der Waals surface area (Å²) < 4.78 is -3.62. The van der Waals surface area contributed by atoms with Crippen LogP contribution >= 0.6 is 110 Å². The number of hydrogen-bond donors (Lipinski definition) is 0. The molecule has 8 unspecified atom stereocenters. The first kappa shape index (κ1) is 72.9. The van der Waals surface area contributed by atoms with Crippen LogP contribution in [0, 0.1) is 0 Å². The molecule has 2 fully saturated rings. The molecular weight excluding hydrogens is 1620 g/mol. The summed E-state index contributed by atoms with van der Waals surface area (Å²) in [5, 5.41) is 5.16. The second-order valence-corrected chi connectivity index (χ2v) is 92.0. The predicted octanol–water partition coefficient (Wildman–Crippen LogP) is 29.1. The predicted molar refractivity (Wildman–Crippen MR) is 436 cm³/mol. The molecular formula is C86H88Cl10HfSi2. The Morgan fingerprint density at radius 1 is 0.303 bits per heavy atom. The fourth-order valence-corrected chi connectivity index (χ4v) is 200. The van der Waals surface area contributed by atoms with E-state index in [1.807, 2.05) is 0 Å². The van der Waals surface area contributed by atoms with Crippen molar-refractivity contribution >= 4 is 128 Å². The van der Waals surface area contributed by atoms with Crippen LogP contribution in [0.1, 0.15) is 179 Å². The third-order valence-electron chi connectivity index (χ3n) is 25.8. The van der Waals surface area contributed by atoms with Gasteiger partial charge in [0.15, 0.2) is 0 Å². The van der Waals surface area contributed by atoms with Crippen molar-refractivity contribution in [1.82, 2.24) is 0 Å². The van der Waals surface area contributed by atoms with Gasteiger partial charge in [0.25, 0.3) is 0 Å². The fraction of sp³-hybridized carbons (Fsp3) is 0.349. The normalized spacial score (nSPS) is 31.2. The van der Waals surface area contributed by atoms with E-state index in [0.29, 0.717) is 40.2 Å². The number of hydrogen-bond acceptors (Lipinski definition) is 0. The monoisotopic (exact) mass is 1710 g/mol. The van der Waals surface area contributed by atoms with Gasteiger partial charge in [-0.15, -0.1) is 0 Å². The Bertz CT molecular complexity index is 4240. The first-order chi connectivity index (χ1) is 46.1. The number of fused-ring (bicyclic) bond motifs is 8. The van der Waals surface area contributed by atoms with Gasteiger partial charge in [-0.3, -0.25) is 0 Å². The third kappa shape index (κ3) is 8.59. The minimum atomic E-state index is -8.13.